The second kappa shape index (κ2) is 5.17. The maximum Gasteiger partial charge on any atom is 0.115 e. The van der Waals surface area contributed by atoms with Crippen LogP contribution in [0.1, 0.15) is 38.7 Å². The Morgan fingerprint density at radius 3 is 2.60 bits per heavy atom. The van der Waals surface area contributed by atoms with Gasteiger partial charge >= 0.3 is 0 Å². The summed E-state index contributed by atoms with van der Waals surface area (Å²) < 4.78 is 0. The van der Waals surface area contributed by atoms with Gasteiger partial charge in [0.15, 0.2) is 0 Å². The number of aromatic hydroxyl groups is 1. The maximum atomic E-state index is 9.98. The smallest absolute Gasteiger partial charge is 0.115 e. The molecule has 0 aliphatic heterocycles. The van der Waals surface area contributed by atoms with Gasteiger partial charge in [-0.3, -0.25) is 0 Å². The van der Waals surface area contributed by atoms with Gasteiger partial charge in [-0.15, -0.1) is 0 Å². The quantitative estimate of drug-likeness (QED) is 0.781. The summed E-state index contributed by atoms with van der Waals surface area (Å²) in [5, 5.41) is 19.3. The fourth-order valence-electron chi connectivity index (χ4n) is 1.79. The zero-order valence-corrected chi connectivity index (χ0v) is 9.53. The van der Waals surface area contributed by atoms with Gasteiger partial charge < -0.3 is 10.2 Å². The van der Waals surface area contributed by atoms with Gasteiger partial charge in [-0.25, -0.2) is 0 Å². The molecule has 0 aliphatic rings. The SMILES string of the molecule is CCCC(C)(O)CCc1cccc(O)c1. The zero-order chi connectivity index (χ0) is 11.3. The van der Waals surface area contributed by atoms with Gasteiger partial charge in [0.1, 0.15) is 5.75 Å². The monoisotopic (exact) mass is 208 g/mol. The van der Waals surface area contributed by atoms with Crippen molar-refractivity contribution in [2.45, 2.75) is 45.1 Å². The van der Waals surface area contributed by atoms with Crippen LogP contribution in [0, 0.1) is 0 Å². The highest BCUT2D eigenvalue weighted by molar-refractivity contribution is 5.27. The zero-order valence-electron chi connectivity index (χ0n) is 9.53. The van der Waals surface area contributed by atoms with E-state index in [-0.39, 0.29) is 0 Å². The summed E-state index contributed by atoms with van der Waals surface area (Å²) in [4.78, 5) is 0. The Hall–Kier alpha value is -1.02. The minimum Gasteiger partial charge on any atom is -0.508 e. The Morgan fingerprint density at radius 2 is 2.00 bits per heavy atom. The van der Waals surface area contributed by atoms with Crippen molar-refractivity contribution in [1.82, 2.24) is 0 Å². The molecule has 0 aromatic heterocycles. The molecule has 1 aromatic rings. The van der Waals surface area contributed by atoms with E-state index in [1.807, 2.05) is 19.1 Å². The van der Waals surface area contributed by atoms with E-state index in [4.69, 9.17) is 0 Å². The lowest BCUT2D eigenvalue weighted by Crippen LogP contribution is -2.24. The molecule has 1 unspecified atom stereocenters. The Balaban J connectivity index is 2.49. The Bertz CT molecular complexity index is 305. The molecule has 2 nitrogen and oxygen atoms in total. The normalized spacial score (nSPS) is 14.9. The molecule has 15 heavy (non-hydrogen) atoms. The van der Waals surface area contributed by atoms with E-state index in [2.05, 4.69) is 6.92 Å². The van der Waals surface area contributed by atoms with Gasteiger partial charge in [-0.1, -0.05) is 25.5 Å². The van der Waals surface area contributed by atoms with Crippen LogP contribution in [0.2, 0.25) is 0 Å². The molecule has 0 bridgehead atoms. The number of hydrogen-bond acceptors (Lipinski definition) is 2. The van der Waals surface area contributed by atoms with Gasteiger partial charge in [0.2, 0.25) is 0 Å². The van der Waals surface area contributed by atoms with Crippen molar-refractivity contribution in [3.8, 4) is 5.75 Å². The molecule has 0 aliphatic carbocycles. The van der Waals surface area contributed by atoms with Crippen molar-refractivity contribution in [3.63, 3.8) is 0 Å². The second-order valence-electron chi connectivity index (χ2n) is 4.42. The Morgan fingerprint density at radius 1 is 1.27 bits per heavy atom. The number of aliphatic hydroxyl groups is 1. The Kier molecular flexibility index (Phi) is 4.15. The van der Waals surface area contributed by atoms with Crippen LogP contribution in [0.5, 0.6) is 5.75 Å². The molecular weight excluding hydrogens is 188 g/mol. The highest BCUT2D eigenvalue weighted by atomic mass is 16.3. The lowest BCUT2D eigenvalue weighted by atomic mass is 9.92. The molecule has 1 rings (SSSR count). The highest BCUT2D eigenvalue weighted by Crippen LogP contribution is 2.20. The van der Waals surface area contributed by atoms with E-state index in [0.717, 1.165) is 31.2 Å². The largest absolute Gasteiger partial charge is 0.508 e. The molecule has 0 radical (unpaired) electrons. The summed E-state index contributed by atoms with van der Waals surface area (Å²) in [5.74, 6) is 0.294. The lowest BCUT2D eigenvalue weighted by Gasteiger charge is -2.22. The molecule has 84 valence electrons. The first-order chi connectivity index (χ1) is 7.03. The predicted octanol–water partition coefficient (Wildman–Crippen LogP) is 2.88. The van der Waals surface area contributed by atoms with E-state index in [0.29, 0.717) is 5.75 Å². The molecule has 1 atom stereocenters. The van der Waals surface area contributed by atoms with Crippen LogP contribution in [0.15, 0.2) is 24.3 Å². The van der Waals surface area contributed by atoms with Crippen LogP contribution in [-0.2, 0) is 6.42 Å². The second-order valence-corrected chi connectivity index (χ2v) is 4.42. The van der Waals surface area contributed by atoms with Gasteiger partial charge in [0.05, 0.1) is 5.60 Å². The van der Waals surface area contributed by atoms with E-state index in [1.165, 1.54) is 0 Å². The number of benzene rings is 1. The maximum absolute atomic E-state index is 9.98. The van der Waals surface area contributed by atoms with Crippen molar-refractivity contribution >= 4 is 0 Å². The van der Waals surface area contributed by atoms with Crippen molar-refractivity contribution in [1.29, 1.82) is 0 Å². The van der Waals surface area contributed by atoms with E-state index < -0.39 is 5.60 Å². The number of aryl methyl sites for hydroxylation is 1. The van der Waals surface area contributed by atoms with Crippen LogP contribution >= 0.6 is 0 Å². The standard InChI is InChI=1S/C13H20O2/c1-3-8-13(2,15)9-7-11-5-4-6-12(14)10-11/h4-6,10,14-15H,3,7-9H2,1-2H3. The molecular formula is C13H20O2. The topological polar surface area (TPSA) is 40.5 Å². The van der Waals surface area contributed by atoms with E-state index >= 15 is 0 Å². The van der Waals surface area contributed by atoms with Crippen LogP contribution in [0.4, 0.5) is 0 Å². The van der Waals surface area contributed by atoms with Crippen LogP contribution in [0.3, 0.4) is 0 Å². The van der Waals surface area contributed by atoms with Crippen LogP contribution in [0.25, 0.3) is 0 Å². The first kappa shape index (κ1) is 12.1. The van der Waals surface area contributed by atoms with Crippen LogP contribution < -0.4 is 0 Å². The molecule has 2 heteroatoms. The molecule has 0 saturated carbocycles. The molecule has 0 saturated heterocycles. The minimum atomic E-state index is -0.583. The van der Waals surface area contributed by atoms with Crippen molar-refractivity contribution in [2.75, 3.05) is 0 Å². The molecule has 1 aromatic carbocycles. The fourth-order valence-corrected chi connectivity index (χ4v) is 1.79. The van der Waals surface area contributed by atoms with Gasteiger partial charge in [-0.2, -0.15) is 0 Å². The Labute approximate surface area is 91.6 Å². The predicted molar refractivity (Wildman–Crippen MR) is 62.0 cm³/mol. The summed E-state index contributed by atoms with van der Waals surface area (Å²) >= 11 is 0. The molecule has 0 heterocycles. The molecule has 0 spiro atoms. The summed E-state index contributed by atoms with van der Waals surface area (Å²) in [6.07, 6.45) is 3.37. The van der Waals surface area contributed by atoms with Gasteiger partial charge in [-0.05, 0) is 43.9 Å². The third-order valence-corrected chi connectivity index (χ3v) is 2.65. The number of hydrogen-bond donors (Lipinski definition) is 2. The van der Waals surface area contributed by atoms with Crippen molar-refractivity contribution in [2.24, 2.45) is 0 Å². The average molecular weight is 208 g/mol. The fraction of sp³-hybridized carbons (Fsp3) is 0.538. The first-order valence-corrected chi connectivity index (χ1v) is 5.54. The summed E-state index contributed by atoms with van der Waals surface area (Å²) in [6, 6.07) is 7.22. The van der Waals surface area contributed by atoms with Gasteiger partial charge in [0, 0.05) is 0 Å². The van der Waals surface area contributed by atoms with E-state index in [9.17, 15) is 10.2 Å². The third-order valence-electron chi connectivity index (χ3n) is 2.65. The average Bonchev–Trinajstić information content (AvgIpc) is 2.15. The number of phenols is 1. The van der Waals surface area contributed by atoms with E-state index in [1.54, 1.807) is 12.1 Å². The molecule has 2 N–H and O–H groups in total. The van der Waals surface area contributed by atoms with Crippen molar-refractivity contribution in [3.05, 3.63) is 29.8 Å². The van der Waals surface area contributed by atoms with Crippen LogP contribution in [-0.4, -0.2) is 15.8 Å². The summed E-state index contributed by atoms with van der Waals surface area (Å²) in [5.41, 5.74) is 0.492. The number of phenolic OH excluding ortho intramolecular Hbond substituents is 1. The van der Waals surface area contributed by atoms with Crippen molar-refractivity contribution < 1.29 is 10.2 Å². The first-order valence-electron chi connectivity index (χ1n) is 5.54. The summed E-state index contributed by atoms with van der Waals surface area (Å²) in [7, 11) is 0. The van der Waals surface area contributed by atoms with Gasteiger partial charge in [0.25, 0.3) is 0 Å². The molecule has 0 amide bonds. The summed E-state index contributed by atoms with van der Waals surface area (Å²) in [6.45, 7) is 3.95. The number of rotatable bonds is 5. The lowest BCUT2D eigenvalue weighted by molar-refractivity contribution is 0.0416. The highest BCUT2D eigenvalue weighted by Gasteiger charge is 2.18. The third kappa shape index (κ3) is 4.34. The molecule has 0 fully saturated rings. The minimum absolute atomic E-state index is 0.294.